The Balaban J connectivity index is 2.09. The largest absolute Gasteiger partial charge is 0.465 e. The quantitative estimate of drug-likeness (QED) is 0.0668. The average Bonchev–Trinajstić information content (AvgIpc) is 3.03. The second-order valence-electron chi connectivity index (χ2n) is 8.66. The highest BCUT2D eigenvalue weighted by Gasteiger charge is 2.13. The lowest BCUT2D eigenvalue weighted by molar-refractivity contribution is -0.143. The standard InChI is InChI=1S/C26H36N8O11/c1-2-44-25(42)15-33-23(40)13-31-21(38)11-29-19(36)9-27-18(35)8-28-20(37)10-30-22(39)12-32-24(41)14-34-26(43)45-16-17-6-4-3-5-7-17/h3-7H,2,8-16H2,1H3,(H,27,35)(H,28,37)(H,29,36)(H,30,39)(H,31,38)(H,32,41)(H,33,40)(H,34,43). The van der Waals surface area contributed by atoms with Gasteiger partial charge in [-0.1, -0.05) is 30.3 Å². The Kier molecular flexibility index (Phi) is 18.1. The molecule has 0 saturated carbocycles. The Hall–Kier alpha value is -5.75. The van der Waals surface area contributed by atoms with Gasteiger partial charge in [0.15, 0.2) is 0 Å². The molecule has 0 atom stereocenters. The highest BCUT2D eigenvalue weighted by atomic mass is 16.5. The van der Waals surface area contributed by atoms with Crippen LogP contribution in [0.25, 0.3) is 0 Å². The predicted molar refractivity (Wildman–Crippen MR) is 152 cm³/mol. The Labute approximate surface area is 257 Å². The van der Waals surface area contributed by atoms with Crippen LogP contribution in [-0.4, -0.2) is 112 Å². The summed E-state index contributed by atoms with van der Waals surface area (Å²) >= 11 is 0. The van der Waals surface area contributed by atoms with Crippen LogP contribution in [0.3, 0.4) is 0 Å². The summed E-state index contributed by atoms with van der Waals surface area (Å²) < 4.78 is 9.58. The smallest absolute Gasteiger partial charge is 0.407 e. The highest BCUT2D eigenvalue weighted by molar-refractivity contribution is 5.92. The van der Waals surface area contributed by atoms with Gasteiger partial charge in [0.05, 0.1) is 45.9 Å². The maximum Gasteiger partial charge on any atom is 0.407 e. The number of alkyl carbamates (subject to hydrolysis) is 1. The maximum atomic E-state index is 11.8. The summed E-state index contributed by atoms with van der Waals surface area (Å²) in [5, 5.41) is 17.8. The summed E-state index contributed by atoms with van der Waals surface area (Å²) in [4.78, 5) is 105. The van der Waals surface area contributed by atoms with E-state index in [-0.39, 0.29) is 19.8 Å². The fourth-order valence-electron chi connectivity index (χ4n) is 2.82. The van der Waals surface area contributed by atoms with E-state index >= 15 is 0 Å². The molecular formula is C26H36N8O11. The van der Waals surface area contributed by atoms with Crippen molar-refractivity contribution in [3.8, 4) is 0 Å². The number of hydrogen-bond donors (Lipinski definition) is 8. The van der Waals surface area contributed by atoms with Crippen molar-refractivity contribution in [3.05, 3.63) is 35.9 Å². The summed E-state index contributed by atoms with van der Waals surface area (Å²) in [6.45, 7) is -1.99. The van der Waals surface area contributed by atoms with Gasteiger partial charge in [0, 0.05) is 0 Å². The molecule has 19 heteroatoms. The average molecular weight is 637 g/mol. The van der Waals surface area contributed by atoms with Gasteiger partial charge in [0.25, 0.3) is 0 Å². The molecule has 8 amide bonds. The Bertz CT molecular complexity index is 1210. The zero-order valence-corrected chi connectivity index (χ0v) is 24.4. The van der Waals surface area contributed by atoms with Crippen molar-refractivity contribution < 1.29 is 52.6 Å². The van der Waals surface area contributed by atoms with Crippen LogP contribution in [0.1, 0.15) is 12.5 Å². The normalized spacial score (nSPS) is 9.80. The van der Waals surface area contributed by atoms with E-state index in [1.54, 1.807) is 31.2 Å². The first-order valence-electron chi connectivity index (χ1n) is 13.5. The van der Waals surface area contributed by atoms with E-state index in [2.05, 4.69) is 47.3 Å². The second kappa shape index (κ2) is 21.9. The summed E-state index contributed by atoms with van der Waals surface area (Å²) in [6.07, 6.45) is -0.823. The van der Waals surface area contributed by atoms with Crippen molar-refractivity contribution in [3.63, 3.8) is 0 Å². The molecule has 45 heavy (non-hydrogen) atoms. The zero-order chi connectivity index (χ0) is 33.5. The Morgan fingerprint density at radius 1 is 0.467 bits per heavy atom. The fraction of sp³-hybridized carbons (Fsp3) is 0.423. The first-order chi connectivity index (χ1) is 21.5. The first kappa shape index (κ1) is 37.3. The molecule has 0 spiro atoms. The molecular weight excluding hydrogens is 600 g/mol. The van der Waals surface area contributed by atoms with Gasteiger partial charge in [-0.25, -0.2) is 4.79 Å². The van der Waals surface area contributed by atoms with Gasteiger partial charge in [-0.3, -0.25) is 38.4 Å². The molecule has 0 aliphatic heterocycles. The zero-order valence-electron chi connectivity index (χ0n) is 24.4. The molecule has 0 unspecified atom stereocenters. The van der Waals surface area contributed by atoms with Crippen LogP contribution >= 0.6 is 0 Å². The molecule has 1 aromatic rings. The minimum atomic E-state index is -0.823. The molecule has 0 saturated heterocycles. The molecule has 0 radical (unpaired) electrons. The van der Waals surface area contributed by atoms with Crippen molar-refractivity contribution in [1.29, 1.82) is 0 Å². The van der Waals surface area contributed by atoms with E-state index in [1.165, 1.54) is 0 Å². The molecule has 0 bridgehead atoms. The third kappa shape index (κ3) is 19.9. The number of rotatable bonds is 19. The van der Waals surface area contributed by atoms with Gasteiger partial charge >= 0.3 is 12.1 Å². The summed E-state index contributed by atoms with van der Waals surface area (Å²) in [6, 6.07) is 8.88. The minimum Gasteiger partial charge on any atom is -0.465 e. The van der Waals surface area contributed by atoms with Gasteiger partial charge < -0.3 is 52.0 Å². The molecule has 0 aromatic heterocycles. The van der Waals surface area contributed by atoms with Gasteiger partial charge in [0.2, 0.25) is 41.4 Å². The minimum absolute atomic E-state index is 0.0165. The van der Waals surface area contributed by atoms with Crippen LogP contribution in [0.4, 0.5) is 4.79 Å². The molecule has 0 fully saturated rings. The van der Waals surface area contributed by atoms with Crippen LogP contribution in [0.15, 0.2) is 30.3 Å². The van der Waals surface area contributed by atoms with Crippen molar-refractivity contribution in [2.45, 2.75) is 13.5 Å². The monoisotopic (exact) mass is 636 g/mol. The molecule has 19 nitrogen and oxygen atoms in total. The molecule has 1 aromatic carbocycles. The number of ether oxygens (including phenoxy) is 2. The molecule has 0 aliphatic carbocycles. The topological polar surface area (TPSA) is 268 Å². The van der Waals surface area contributed by atoms with Crippen LogP contribution in [0.2, 0.25) is 0 Å². The maximum absolute atomic E-state index is 11.8. The number of nitrogens with one attached hydrogen (secondary N) is 8. The van der Waals surface area contributed by atoms with E-state index in [4.69, 9.17) is 4.74 Å². The lowest BCUT2D eigenvalue weighted by Crippen LogP contribution is -2.47. The third-order valence-electron chi connectivity index (χ3n) is 5.02. The molecule has 0 aliphatic rings. The number of amides is 8. The van der Waals surface area contributed by atoms with Crippen LogP contribution in [0, 0.1) is 0 Å². The van der Waals surface area contributed by atoms with Gasteiger partial charge in [-0.15, -0.1) is 0 Å². The fourth-order valence-corrected chi connectivity index (χ4v) is 2.82. The van der Waals surface area contributed by atoms with Gasteiger partial charge in [-0.2, -0.15) is 0 Å². The number of carbonyl (C=O) groups is 9. The summed E-state index contributed by atoms with van der Waals surface area (Å²) in [7, 11) is 0. The van der Waals surface area contributed by atoms with E-state index in [9.17, 15) is 43.2 Å². The summed E-state index contributed by atoms with van der Waals surface area (Å²) in [5.41, 5.74) is 0.761. The van der Waals surface area contributed by atoms with Crippen molar-refractivity contribution in [2.24, 2.45) is 0 Å². The SMILES string of the molecule is CCOC(=O)CNC(=O)CNC(=O)CNC(=O)CNC(=O)CNC(=O)CNC(=O)CNC(=O)CNC(=O)OCc1ccccc1. The Morgan fingerprint density at radius 2 is 0.800 bits per heavy atom. The summed E-state index contributed by atoms with van der Waals surface area (Å²) in [5.74, 6) is -5.59. The first-order valence-corrected chi connectivity index (χ1v) is 13.5. The number of esters is 1. The lowest BCUT2D eigenvalue weighted by Gasteiger charge is -2.10. The van der Waals surface area contributed by atoms with E-state index in [0.29, 0.717) is 0 Å². The third-order valence-corrected chi connectivity index (χ3v) is 5.02. The van der Waals surface area contributed by atoms with Crippen molar-refractivity contribution in [2.75, 3.05) is 59.0 Å². The Morgan fingerprint density at radius 3 is 1.16 bits per heavy atom. The van der Waals surface area contributed by atoms with E-state index in [0.717, 1.165) is 5.56 Å². The number of hydrogen-bond acceptors (Lipinski definition) is 11. The highest BCUT2D eigenvalue weighted by Crippen LogP contribution is 2.00. The van der Waals surface area contributed by atoms with Gasteiger partial charge in [-0.05, 0) is 12.5 Å². The molecule has 0 heterocycles. The van der Waals surface area contributed by atoms with Crippen LogP contribution in [0.5, 0.6) is 0 Å². The molecule has 8 N–H and O–H groups in total. The molecule has 1 rings (SSSR count). The van der Waals surface area contributed by atoms with Gasteiger partial charge in [0.1, 0.15) is 19.7 Å². The molecule has 246 valence electrons. The predicted octanol–water partition coefficient (Wildman–Crippen LogP) is -4.71. The van der Waals surface area contributed by atoms with E-state index < -0.39 is 99.2 Å². The van der Waals surface area contributed by atoms with Crippen LogP contribution in [-0.2, 0) is 54.4 Å². The van der Waals surface area contributed by atoms with Crippen LogP contribution < -0.4 is 42.5 Å². The lowest BCUT2D eigenvalue weighted by atomic mass is 10.2. The number of benzene rings is 1. The number of carbonyl (C=O) groups excluding carboxylic acids is 9. The van der Waals surface area contributed by atoms with Crippen molar-refractivity contribution >= 4 is 53.4 Å². The van der Waals surface area contributed by atoms with E-state index in [1.807, 2.05) is 6.07 Å². The second-order valence-corrected chi connectivity index (χ2v) is 8.66. The van der Waals surface area contributed by atoms with Crippen molar-refractivity contribution in [1.82, 2.24) is 42.5 Å².